The smallest absolute Gasteiger partial charge is 0.147 e. The molecule has 5 heteroatoms. The van der Waals surface area contributed by atoms with Crippen molar-refractivity contribution >= 4 is 16.7 Å². The van der Waals surface area contributed by atoms with Crippen molar-refractivity contribution < 1.29 is 4.39 Å². The summed E-state index contributed by atoms with van der Waals surface area (Å²) in [5, 5.41) is 0.513. The summed E-state index contributed by atoms with van der Waals surface area (Å²) in [5.74, 6) is 0.366. The van der Waals surface area contributed by atoms with Crippen molar-refractivity contribution in [1.82, 2.24) is 9.97 Å². The average molecular weight is 206 g/mol. The van der Waals surface area contributed by atoms with Gasteiger partial charge in [0.05, 0.1) is 11.6 Å². The molecule has 4 nitrogen and oxygen atoms in total. The molecular formula is C10H11FN4. The SMILES string of the molecule is CC(N)c1nc(N)c2cc(F)ccc2n1. The van der Waals surface area contributed by atoms with Crippen LogP contribution in [0.1, 0.15) is 18.8 Å². The van der Waals surface area contributed by atoms with Gasteiger partial charge in [0.2, 0.25) is 0 Å². The minimum Gasteiger partial charge on any atom is -0.383 e. The molecule has 0 aliphatic heterocycles. The monoisotopic (exact) mass is 206 g/mol. The maximum absolute atomic E-state index is 12.9. The van der Waals surface area contributed by atoms with Crippen LogP contribution in [-0.4, -0.2) is 9.97 Å². The second kappa shape index (κ2) is 3.43. The topological polar surface area (TPSA) is 77.8 Å². The fourth-order valence-corrected chi connectivity index (χ4v) is 1.35. The Bertz CT molecular complexity index is 510. The fraction of sp³-hybridized carbons (Fsp3) is 0.200. The highest BCUT2D eigenvalue weighted by atomic mass is 19.1. The minimum absolute atomic E-state index is 0.256. The number of anilines is 1. The zero-order valence-electron chi connectivity index (χ0n) is 8.24. The van der Waals surface area contributed by atoms with E-state index in [0.29, 0.717) is 16.7 Å². The van der Waals surface area contributed by atoms with Gasteiger partial charge in [0.1, 0.15) is 17.5 Å². The first-order valence-electron chi connectivity index (χ1n) is 4.56. The molecule has 0 saturated heterocycles. The third kappa shape index (κ3) is 1.73. The van der Waals surface area contributed by atoms with Crippen molar-refractivity contribution in [3.8, 4) is 0 Å². The first-order chi connectivity index (χ1) is 7.08. The number of fused-ring (bicyclic) bond motifs is 1. The summed E-state index contributed by atoms with van der Waals surface area (Å²) in [6, 6.07) is 3.92. The summed E-state index contributed by atoms with van der Waals surface area (Å²) in [5.41, 5.74) is 11.9. The molecule has 0 spiro atoms. The lowest BCUT2D eigenvalue weighted by atomic mass is 10.2. The quantitative estimate of drug-likeness (QED) is 0.738. The number of aromatic nitrogens is 2. The highest BCUT2D eigenvalue weighted by Crippen LogP contribution is 2.20. The number of nitrogens with zero attached hydrogens (tertiary/aromatic N) is 2. The van der Waals surface area contributed by atoms with Gasteiger partial charge in [-0.25, -0.2) is 14.4 Å². The molecular weight excluding hydrogens is 195 g/mol. The van der Waals surface area contributed by atoms with E-state index in [2.05, 4.69) is 9.97 Å². The molecule has 2 aromatic rings. The molecule has 15 heavy (non-hydrogen) atoms. The molecule has 0 bridgehead atoms. The highest BCUT2D eigenvalue weighted by molar-refractivity contribution is 5.87. The minimum atomic E-state index is -0.355. The van der Waals surface area contributed by atoms with Gasteiger partial charge in [-0.3, -0.25) is 0 Å². The highest BCUT2D eigenvalue weighted by Gasteiger charge is 2.08. The van der Waals surface area contributed by atoms with Crippen LogP contribution in [0, 0.1) is 5.82 Å². The Labute approximate surface area is 86.1 Å². The van der Waals surface area contributed by atoms with Gasteiger partial charge >= 0.3 is 0 Å². The van der Waals surface area contributed by atoms with Crippen LogP contribution < -0.4 is 11.5 Å². The summed E-state index contributed by atoms with van der Waals surface area (Å²) >= 11 is 0. The standard InChI is InChI=1S/C10H11FN4/c1-5(12)10-14-8-3-2-6(11)4-7(8)9(13)15-10/h2-5H,12H2,1H3,(H2,13,14,15). The third-order valence-electron chi connectivity index (χ3n) is 2.11. The number of halogens is 1. The number of hydrogen-bond acceptors (Lipinski definition) is 4. The summed E-state index contributed by atoms with van der Waals surface area (Å²) in [4.78, 5) is 8.21. The molecule has 0 aliphatic carbocycles. The Morgan fingerprint density at radius 1 is 1.33 bits per heavy atom. The van der Waals surface area contributed by atoms with Crippen molar-refractivity contribution in [3.63, 3.8) is 0 Å². The van der Waals surface area contributed by atoms with Gasteiger partial charge in [-0.1, -0.05) is 0 Å². The first kappa shape index (κ1) is 9.79. The average Bonchev–Trinajstić information content (AvgIpc) is 2.18. The molecule has 1 atom stereocenters. The normalized spacial score (nSPS) is 13.0. The molecule has 4 N–H and O–H groups in total. The van der Waals surface area contributed by atoms with E-state index in [1.165, 1.54) is 12.1 Å². The molecule has 78 valence electrons. The molecule has 1 aromatic heterocycles. The van der Waals surface area contributed by atoms with Crippen molar-refractivity contribution in [1.29, 1.82) is 0 Å². The van der Waals surface area contributed by atoms with Crippen LogP contribution in [0.15, 0.2) is 18.2 Å². The Hall–Kier alpha value is -1.75. The van der Waals surface area contributed by atoms with E-state index in [0.717, 1.165) is 0 Å². The molecule has 0 saturated carbocycles. The number of nitrogen functional groups attached to an aromatic ring is 1. The van der Waals surface area contributed by atoms with Crippen LogP contribution in [0.4, 0.5) is 10.2 Å². The van der Waals surface area contributed by atoms with E-state index in [1.54, 1.807) is 13.0 Å². The number of benzene rings is 1. The number of nitrogens with two attached hydrogens (primary N) is 2. The summed E-state index contributed by atoms with van der Waals surface area (Å²) < 4.78 is 12.9. The van der Waals surface area contributed by atoms with Crippen LogP contribution in [-0.2, 0) is 0 Å². The Kier molecular flexibility index (Phi) is 2.24. The van der Waals surface area contributed by atoms with E-state index in [1.807, 2.05) is 0 Å². The number of rotatable bonds is 1. The van der Waals surface area contributed by atoms with Crippen LogP contribution in [0.25, 0.3) is 10.9 Å². The zero-order chi connectivity index (χ0) is 11.0. The van der Waals surface area contributed by atoms with E-state index in [9.17, 15) is 4.39 Å². The molecule has 2 rings (SSSR count). The van der Waals surface area contributed by atoms with Gasteiger partial charge in [-0.05, 0) is 25.1 Å². The molecule has 0 fully saturated rings. The van der Waals surface area contributed by atoms with Crippen molar-refractivity contribution in [2.45, 2.75) is 13.0 Å². The molecule has 0 radical (unpaired) electrons. The van der Waals surface area contributed by atoms with Crippen LogP contribution >= 0.6 is 0 Å². The van der Waals surface area contributed by atoms with E-state index in [4.69, 9.17) is 11.5 Å². The van der Waals surface area contributed by atoms with Gasteiger partial charge in [0.25, 0.3) is 0 Å². The first-order valence-corrected chi connectivity index (χ1v) is 4.56. The van der Waals surface area contributed by atoms with Gasteiger partial charge in [-0.15, -0.1) is 0 Å². The second-order valence-corrected chi connectivity index (χ2v) is 3.42. The molecule has 0 aliphatic rings. The molecule has 1 unspecified atom stereocenters. The summed E-state index contributed by atoms with van der Waals surface area (Å²) in [6.07, 6.45) is 0. The largest absolute Gasteiger partial charge is 0.383 e. The Morgan fingerprint density at radius 3 is 2.73 bits per heavy atom. The van der Waals surface area contributed by atoms with Gasteiger partial charge in [0.15, 0.2) is 0 Å². The van der Waals surface area contributed by atoms with Gasteiger partial charge in [-0.2, -0.15) is 0 Å². The Balaban J connectivity index is 2.73. The van der Waals surface area contributed by atoms with E-state index >= 15 is 0 Å². The third-order valence-corrected chi connectivity index (χ3v) is 2.11. The zero-order valence-corrected chi connectivity index (χ0v) is 8.24. The summed E-state index contributed by atoms with van der Waals surface area (Å²) in [6.45, 7) is 1.77. The van der Waals surface area contributed by atoms with Crippen molar-refractivity contribution in [3.05, 3.63) is 29.8 Å². The lowest BCUT2D eigenvalue weighted by Gasteiger charge is -2.07. The van der Waals surface area contributed by atoms with Crippen molar-refractivity contribution in [2.75, 3.05) is 5.73 Å². The van der Waals surface area contributed by atoms with Crippen LogP contribution in [0.5, 0.6) is 0 Å². The molecule has 1 heterocycles. The van der Waals surface area contributed by atoms with Crippen LogP contribution in [0.3, 0.4) is 0 Å². The maximum Gasteiger partial charge on any atom is 0.147 e. The molecule has 0 amide bonds. The molecule has 1 aromatic carbocycles. The number of hydrogen-bond donors (Lipinski definition) is 2. The van der Waals surface area contributed by atoms with Crippen molar-refractivity contribution in [2.24, 2.45) is 5.73 Å². The van der Waals surface area contributed by atoms with Gasteiger partial charge in [0, 0.05) is 5.39 Å². The predicted molar refractivity (Wildman–Crippen MR) is 56.5 cm³/mol. The van der Waals surface area contributed by atoms with E-state index < -0.39 is 0 Å². The fourth-order valence-electron chi connectivity index (χ4n) is 1.35. The van der Waals surface area contributed by atoms with Crippen LogP contribution in [0.2, 0.25) is 0 Å². The maximum atomic E-state index is 12.9. The Morgan fingerprint density at radius 2 is 2.07 bits per heavy atom. The predicted octanol–water partition coefficient (Wildman–Crippen LogP) is 1.37. The second-order valence-electron chi connectivity index (χ2n) is 3.42. The van der Waals surface area contributed by atoms with Gasteiger partial charge < -0.3 is 11.5 Å². The van der Waals surface area contributed by atoms with E-state index in [-0.39, 0.29) is 17.7 Å². The summed E-state index contributed by atoms with van der Waals surface area (Å²) in [7, 11) is 0. The lowest BCUT2D eigenvalue weighted by molar-refractivity contribution is 0.629. The lowest BCUT2D eigenvalue weighted by Crippen LogP contribution is -2.11.